The van der Waals surface area contributed by atoms with Crippen molar-refractivity contribution in [1.29, 1.82) is 0 Å². The highest BCUT2D eigenvalue weighted by Crippen LogP contribution is 2.19. The van der Waals surface area contributed by atoms with E-state index in [1.807, 2.05) is 20.0 Å². The summed E-state index contributed by atoms with van der Waals surface area (Å²) in [5, 5.41) is 10.1. The monoisotopic (exact) mass is 287 g/mol. The van der Waals surface area contributed by atoms with Crippen LogP contribution in [0.25, 0.3) is 0 Å². The van der Waals surface area contributed by atoms with Gasteiger partial charge in [-0.2, -0.15) is 5.10 Å². The van der Waals surface area contributed by atoms with Crippen LogP contribution in [-0.2, 0) is 7.05 Å². The van der Waals surface area contributed by atoms with E-state index in [0.717, 1.165) is 17.1 Å². The number of aromatic nitrogens is 3. The average Bonchev–Trinajstić information content (AvgIpc) is 2.76. The summed E-state index contributed by atoms with van der Waals surface area (Å²) in [5.41, 5.74) is 2.98. The molecular weight excluding hydrogens is 266 g/mol. The molecule has 1 amide bonds. The maximum Gasteiger partial charge on any atom is 0.255 e. The third kappa shape index (κ3) is 3.39. The molecular formula is C15H21N5O. The number of carbonyl (C=O) groups is 1. The second-order valence-corrected chi connectivity index (χ2v) is 5.33. The van der Waals surface area contributed by atoms with Gasteiger partial charge in [-0.15, -0.1) is 0 Å². The molecule has 21 heavy (non-hydrogen) atoms. The summed E-state index contributed by atoms with van der Waals surface area (Å²) in [6.45, 7) is 5.96. The average molecular weight is 287 g/mol. The van der Waals surface area contributed by atoms with Crippen LogP contribution in [0.4, 0.5) is 11.5 Å². The summed E-state index contributed by atoms with van der Waals surface area (Å²) in [6.07, 6.45) is 1.79. The van der Waals surface area contributed by atoms with Crippen LogP contribution in [0, 0.1) is 6.92 Å². The molecule has 2 rings (SSSR count). The molecule has 2 aromatic heterocycles. The van der Waals surface area contributed by atoms with E-state index in [4.69, 9.17) is 0 Å². The van der Waals surface area contributed by atoms with Crippen LogP contribution in [-0.4, -0.2) is 27.7 Å². The molecule has 0 saturated heterocycles. The number of nitrogens with zero attached hydrogens (tertiary/aromatic N) is 3. The Labute approximate surface area is 124 Å². The first-order valence-electron chi connectivity index (χ1n) is 6.92. The van der Waals surface area contributed by atoms with E-state index in [9.17, 15) is 4.79 Å². The number of hydrogen-bond donors (Lipinski definition) is 2. The molecule has 0 aliphatic rings. The summed E-state index contributed by atoms with van der Waals surface area (Å²) in [6, 6.07) is 3.57. The molecule has 6 heteroatoms. The van der Waals surface area contributed by atoms with E-state index >= 15 is 0 Å². The van der Waals surface area contributed by atoms with Gasteiger partial charge in [0.15, 0.2) is 0 Å². The number of pyridine rings is 1. The highest BCUT2D eigenvalue weighted by Gasteiger charge is 2.13. The Morgan fingerprint density at radius 3 is 2.57 bits per heavy atom. The van der Waals surface area contributed by atoms with Crippen LogP contribution in [0.15, 0.2) is 18.3 Å². The minimum Gasteiger partial charge on any atom is -0.373 e. The van der Waals surface area contributed by atoms with Gasteiger partial charge in [0.25, 0.3) is 5.91 Å². The number of rotatable bonds is 4. The zero-order valence-electron chi connectivity index (χ0n) is 13.1. The van der Waals surface area contributed by atoms with Crippen molar-refractivity contribution >= 4 is 17.4 Å². The Balaban J connectivity index is 2.30. The lowest BCUT2D eigenvalue weighted by atomic mass is 10.1. The Morgan fingerprint density at radius 2 is 2.05 bits per heavy atom. The fraction of sp³-hybridized carbons (Fsp3) is 0.400. The van der Waals surface area contributed by atoms with Crippen molar-refractivity contribution < 1.29 is 4.79 Å². The summed E-state index contributed by atoms with van der Waals surface area (Å²) < 4.78 is 1.68. The van der Waals surface area contributed by atoms with E-state index < -0.39 is 0 Å². The van der Waals surface area contributed by atoms with Crippen LogP contribution < -0.4 is 10.6 Å². The van der Waals surface area contributed by atoms with Gasteiger partial charge in [-0.25, -0.2) is 4.98 Å². The maximum atomic E-state index is 12.4. The van der Waals surface area contributed by atoms with Gasteiger partial charge in [-0.1, -0.05) is 13.8 Å². The number of hydrogen-bond acceptors (Lipinski definition) is 4. The summed E-state index contributed by atoms with van der Waals surface area (Å²) in [5.74, 6) is 0.783. The molecule has 2 heterocycles. The maximum absolute atomic E-state index is 12.4. The topological polar surface area (TPSA) is 71.8 Å². The fourth-order valence-corrected chi connectivity index (χ4v) is 2.02. The predicted molar refractivity (Wildman–Crippen MR) is 83.8 cm³/mol. The smallest absolute Gasteiger partial charge is 0.255 e. The summed E-state index contributed by atoms with van der Waals surface area (Å²) in [7, 11) is 3.62. The second kappa shape index (κ2) is 5.95. The molecule has 0 bridgehead atoms. The lowest BCUT2D eigenvalue weighted by Gasteiger charge is -2.11. The van der Waals surface area contributed by atoms with Crippen molar-refractivity contribution in [3.8, 4) is 0 Å². The molecule has 2 N–H and O–H groups in total. The Kier molecular flexibility index (Phi) is 4.26. The lowest BCUT2D eigenvalue weighted by Crippen LogP contribution is -2.14. The largest absolute Gasteiger partial charge is 0.373 e. The molecule has 0 spiro atoms. The zero-order valence-corrected chi connectivity index (χ0v) is 13.1. The molecule has 0 atom stereocenters. The molecule has 0 radical (unpaired) electrons. The molecule has 0 aliphatic heterocycles. The first-order chi connectivity index (χ1) is 9.90. The van der Waals surface area contributed by atoms with Gasteiger partial charge in [0, 0.05) is 31.5 Å². The first-order valence-corrected chi connectivity index (χ1v) is 6.92. The van der Waals surface area contributed by atoms with Gasteiger partial charge in [0.05, 0.1) is 11.4 Å². The Hall–Kier alpha value is -2.37. The minimum absolute atomic E-state index is 0.160. The van der Waals surface area contributed by atoms with Gasteiger partial charge >= 0.3 is 0 Å². The highest BCUT2D eigenvalue weighted by molar-refractivity contribution is 6.05. The van der Waals surface area contributed by atoms with E-state index in [-0.39, 0.29) is 11.8 Å². The van der Waals surface area contributed by atoms with Crippen LogP contribution in [0.3, 0.4) is 0 Å². The second-order valence-electron chi connectivity index (χ2n) is 5.33. The van der Waals surface area contributed by atoms with Crippen LogP contribution in [0.2, 0.25) is 0 Å². The van der Waals surface area contributed by atoms with Gasteiger partial charge in [0.1, 0.15) is 5.82 Å². The fourth-order valence-electron chi connectivity index (χ4n) is 2.02. The van der Waals surface area contributed by atoms with E-state index in [1.54, 1.807) is 24.0 Å². The van der Waals surface area contributed by atoms with Gasteiger partial charge < -0.3 is 10.6 Å². The predicted octanol–water partition coefficient (Wildman–Crippen LogP) is 2.54. The molecule has 6 nitrogen and oxygen atoms in total. The zero-order chi connectivity index (χ0) is 15.6. The SMILES string of the molecule is CNc1cc(C(=O)Nc2cn(C)nc2C)cc(C(C)C)n1. The molecule has 0 fully saturated rings. The third-order valence-electron chi connectivity index (χ3n) is 3.22. The van der Waals surface area contributed by atoms with Crippen molar-refractivity contribution in [3.63, 3.8) is 0 Å². The number of carbonyl (C=O) groups excluding carboxylic acids is 1. The van der Waals surface area contributed by atoms with Crippen LogP contribution in [0.1, 0.15) is 41.5 Å². The normalized spacial score (nSPS) is 10.8. The third-order valence-corrected chi connectivity index (χ3v) is 3.22. The van der Waals surface area contributed by atoms with Crippen LogP contribution in [0.5, 0.6) is 0 Å². The number of aryl methyl sites for hydroxylation is 2. The molecule has 0 aliphatic carbocycles. The quantitative estimate of drug-likeness (QED) is 0.906. The Morgan fingerprint density at radius 1 is 1.33 bits per heavy atom. The molecule has 0 aromatic carbocycles. The standard InChI is InChI=1S/C15H21N5O/c1-9(2)12-6-11(7-14(16-4)17-12)15(21)18-13-8-20(5)19-10(13)3/h6-9H,1-5H3,(H,16,17)(H,18,21). The van der Waals surface area contributed by atoms with Crippen LogP contribution >= 0.6 is 0 Å². The minimum atomic E-state index is -0.160. The van der Waals surface area contributed by atoms with Crippen molar-refractivity contribution in [2.75, 3.05) is 17.7 Å². The lowest BCUT2D eigenvalue weighted by molar-refractivity contribution is 0.102. The van der Waals surface area contributed by atoms with E-state index in [1.165, 1.54) is 0 Å². The van der Waals surface area contributed by atoms with Gasteiger partial charge in [0.2, 0.25) is 0 Å². The molecule has 0 unspecified atom stereocenters. The highest BCUT2D eigenvalue weighted by atomic mass is 16.1. The summed E-state index contributed by atoms with van der Waals surface area (Å²) in [4.78, 5) is 16.9. The number of nitrogens with one attached hydrogen (secondary N) is 2. The number of anilines is 2. The Bertz CT molecular complexity index is 660. The molecule has 2 aromatic rings. The van der Waals surface area contributed by atoms with Crippen molar-refractivity contribution in [3.05, 3.63) is 35.3 Å². The van der Waals surface area contributed by atoms with Gasteiger partial charge in [-0.3, -0.25) is 9.48 Å². The first kappa shape index (κ1) is 15.0. The molecule has 0 saturated carbocycles. The van der Waals surface area contributed by atoms with Gasteiger partial charge in [-0.05, 0) is 25.0 Å². The van der Waals surface area contributed by atoms with E-state index in [0.29, 0.717) is 11.4 Å². The molecule has 112 valence electrons. The van der Waals surface area contributed by atoms with Crippen molar-refractivity contribution in [1.82, 2.24) is 14.8 Å². The van der Waals surface area contributed by atoms with E-state index in [2.05, 4.69) is 34.6 Å². The van der Waals surface area contributed by atoms with Crippen molar-refractivity contribution in [2.24, 2.45) is 7.05 Å². The summed E-state index contributed by atoms with van der Waals surface area (Å²) >= 11 is 0. The van der Waals surface area contributed by atoms with Crippen molar-refractivity contribution in [2.45, 2.75) is 26.7 Å². The number of amides is 1.